The fraction of sp³-hybridized carbons (Fsp3) is 0.833. The number of H-pyrrole nitrogens is 1. The summed E-state index contributed by atoms with van der Waals surface area (Å²) >= 11 is 1.79. The van der Waals surface area contributed by atoms with Crippen molar-refractivity contribution >= 4 is 11.8 Å². The van der Waals surface area contributed by atoms with Crippen LogP contribution in [0, 0.1) is 0 Å². The highest BCUT2D eigenvalue weighted by atomic mass is 32.2. The molecule has 0 aliphatic rings. The summed E-state index contributed by atoms with van der Waals surface area (Å²) < 4.78 is 0. The zero-order chi connectivity index (χ0) is 11.5. The Labute approximate surface area is 103 Å². The topological polar surface area (TPSA) is 41.6 Å². The molecule has 0 spiro atoms. The molecule has 1 aromatic rings. The van der Waals surface area contributed by atoms with E-state index in [1.165, 1.54) is 57.1 Å². The highest BCUT2D eigenvalue weighted by Gasteiger charge is 1.96. The van der Waals surface area contributed by atoms with Crippen LogP contribution in [0.15, 0.2) is 11.2 Å². The molecule has 92 valence electrons. The molecule has 0 bridgehead atoms. The maximum atomic E-state index is 4.01. The molecule has 1 aromatic heterocycles. The van der Waals surface area contributed by atoms with E-state index < -0.39 is 0 Å². The first kappa shape index (κ1) is 13.6. The molecule has 0 aliphatic heterocycles. The second-order valence-electron chi connectivity index (χ2n) is 4.13. The first-order valence-corrected chi connectivity index (χ1v) is 7.40. The van der Waals surface area contributed by atoms with Gasteiger partial charge in [-0.15, -0.1) is 16.9 Å². The van der Waals surface area contributed by atoms with Gasteiger partial charge in [-0.05, 0) is 12.2 Å². The van der Waals surface area contributed by atoms with Gasteiger partial charge in [0.1, 0.15) is 5.03 Å². The fourth-order valence-corrected chi connectivity index (χ4v) is 2.46. The van der Waals surface area contributed by atoms with Crippen LogP contribution < -0.4 is 0 Å². The van der Waals surface area contributed by atoms with E-state index in [1.807, 2.05) is 0 Å². The molecule has 0 aromatic carbocycles. The molecule has 1 rings (SSSR count). The van der Waals surface area contributed by atoms with Crippen molar-refractivity contribution in [2.24, 2.45) is 0 Å². The Hall–Kier alpha value is -0.510. The number of unbranched alkanes of at least 4 members (excludes halogenated alkanes) is 7. The molecule has 0 saturated carbocycles. The molecule has 0 amide bonds. The monoisotopic (exact) mass is 241 g/mol. The van der Waals surface area contributed by atoms with Crippen LogP contribution in [0.4, 0.5) is 0 Å². The van der Waals surface area contributed by atoms with Gasteiger partial charge in [-0.25, -0.2) is 0 Å². The largest absolute Gasteiger partial charge is 0.197 e. The minimum atomic E-state index is 1.02. The van der Waals surface area contributed by atoms with Crippen molar-refractivity contribution in [2.45, 2.75) is 63.3 Å². The number of aromatic amines is 1. The summed E-state index contributed by atoms with van der Waals surface area (Å²) in [7, 11) is 0. The molecule has 0 aliphatic carbocycles. The molecule has 0 atom stereocenters. The van der Waals surface area contributed by atoms with Crippen molar-refractivity contribution in [1.29, 1.82) is 0 Å². The fourth-order valence-electron chi connectivity index (χ4n) is 1.67. The summed E-state index contributed by atoms with van der Waals surface area (Å²) in [6.07, 6.45) is 12.8. The molecule has 3 nitrogen and oxygen atoms in total. The van der Waals surface area contributed by atoms with Gasteiger partial charge < -0.3 is 0 Å². The highest BCUT2D eigenvalue weighted by molar-refractivity contribution is 7.99. The molecule has 4 heteroatoms. The number of rotatable bonds is 10. The quantitative estimate of drug-likeness (QED) is 0.496. The lowest BCUT2D eigenvalue weighted by Crippen LogP contribution is -1.83. The molecular formula is C12H23N3S. The Kier molecular flexibility index (Phi) is 8.22. The van der Waals surface area contributed by atoms with Gasteiger partial charge in [-0.2, -0.15) is 10.3 Å². The lowest BCUT2D eigenvalue weighted by Gasteiger charge is -2.00. The number of hydrogen-bond donors (Lipinski definition) is 1. The highest BCUT2D eigenvalue weighted by Crippen LogP contribution is 2.16. The molecular weight excluding hydrogens is 218 g/mol. The maximum absolute atomic E-state index is 4.01. The minimum Gasteiger partial charge on any atom is -0.197 e. The first-order valence-electron chi connectivity index (χ1n) is 6.42. The van der Waals surface area contributed by atoms with Gasteiger partial charge >= 0.3 is 0 Å². The molecule has 0 unspecified atom stereocenters. The lowest BCUT2D eigenvalue weighted by atomic mass is 10.1. The van der Waals surface area contributed by atoms with Crippen LogP contribution in [0.3, 0.4) is 0 Å². The van der Waals surface area contributed by atoms with Crippen molar-refractivity contribution in [3.8, 4) is 0 Å². The van der Waals surface area contributed by atoms with Crippen LogP contribution >= 0.6 is 11.8 Å². The Morgan fingerprint density at radius 3 is 2.38 bits per heavy atom. The third-order valence-corrected chi connectivity index (χ3v) is 3.63. The Morgan fingerprint density at radius 1 is 1.06 bits per heavy atom. The smallest absolute Gasteiger partial charge is 0.138 e. The number of aromatic nitrogens is 3. The average Bonchev–Trinajstić information content (AvgIpc) is 2.80. The molecule has 1 heterocycles. The van der Waals surface area contributed by atoms with Crippen LogP contribution in [0.5, 0.6) is 0 Å². The van der Waals surface area contributed by atoms with Crippen molar-refractivity contribution < 1.29 is 0 Å². The summed E-state index contributed by atoms with van der Waals surface area (Å²) in [5.41, 5.74) is 0. The van der Waals surface area contributed by atoms with E-state index in [9.17, 15) is 0 Å². The lowest BCUT2D eigenvalue weighted by molar-refractivity contribution is 0.586. The summed E-state index contributed by atoms with van der Waals surface area (Å²) in [4.78, 5) is 0. The van der Waals surface area contributed by atoms with E-state index in [1.54, 1.807) is 18.0 Å². The summed E-state index contributed by atoms with van der Waals surface area (Å²) in [6.45, 7) is 2.27. The molecule has 0 radical (unpaired) electrons. The van der Waals surface area contributed by atoms with Crippen molar-refractivity contribution in [3.63, 3.8) is 0 Å². The molecule has 1 N–H and O–H groups in total. The number of hydrogen-bond acceptors (Lipinski definition) is 3. The van der Waals surface area contributed by atoms with Crippen molar-refractivity contribution in [2.75, 3.05) is 5.75 Å². The molecule has 0 saturated heterocycles. The number of nitrogens with zero attached hydrogens (tertiary/aromatic N) is 2. The van der Waals surface area contributed by atoms with E-state index in [2.05, 4.69) is 22.3 Å². The Morgan fingerprint density at radius 2 is 1.75 bits per heavy atom. The molecule has 16 heavy (non-hydrogen) atoms. The third-order valence-electron chi connectivity index (χ3n) is 2.64. The van der Waals surface area contributed by atoms with E-state index >= 15 is 0 Å². The van der Waals surface area contributed by atoms with Gasteiger partial charge in [0.2, 0.25) is 0 Å². The average molecular weight is 241 g/mol. The number of nitrogens with one attached hydrogen (secondary N) is 1. The zero-order valence-electron chi connectivity index (χ0n) is 10.2. The molecule has 0 fully saturated rings. The Balaban J connectivity index is 1.78. The van der Waals surface area contributed by atoms with Crippen LogP contribution in [-0.2, 0) is 0 Å². The zero-order valence-corrected chi connectivity index (χ0v) is 11.1. The standard InChI is InChI=1S/C12H23N3S/c1-2-3-4-5-6-7-8-9-10-16-12-11-13-15-14-12/h11H,2-10H2,1H3,(H,13,14,15). The van der Waals surface area contributed by atoms with Gasteiger partial charge in [-0.3, -0.25) is 0 Å². The normalized spacial score (nSPS) is 10.8. The van der Waals surface area contributed by atoms with E-state index in [0.717, 1.165) is 5.03 Å². The van der Waals surface area contributed by atoms with Crippen LogP contribution in [0.1, 0.15) is 58.3 Å². The van der Waals surface area contributed by atoms with Crippen LogP contribution in [-0.4, -0.2) is 21.2 Å². The summed E-state index contributed by atoms with van der Waals surface area (Å²) in [5.74, 6) is 1.17. The third kappa shape index (κ3) is 6.88. The first-order chi connectivity index (χ1) is 7.93. The summed E-state index contributed by atoms with van der Waals surface area (Å²) in [6, 6.07) is 0. The predicted octanol–water partition coefficient (Wildman–Crippen LogP) is 4.04. The predicted molar refractivity (Wildman–Crippen MR) is 69.7 cm³/mol. The second kappa shape index (κ2) is 9.70. The van der Waals surface area contributed by atoms with Gasteiger partial charge in [0, 0.05) is 0 Å². The minimum absolute atomic E-state index is 1.02. The van der Waals surface area contributed by atoms with Gasteiger partial charge in [0.05, 0.1) is 6.20 Å². The van der Waals surface area contributed by atoms with Crippen LogP contribution in [0.2, 0.25) is 0 Å². The van der Waals surface area contributed by atoms with Gasteiger partial charge in [0.15, 0.2) is 0 Å². The van der Waals surface area contributed by atoms with E-state index in [4.69, 9.17) is 0 Å². The van der Waals surface area contributed by atoms with Crippen LogP contribution in [0.25, 0.3) is 0 Å². The van der Waals surface area contributed by atoms with E-state index in [-0.39, 0.29) is 0 Å². The van der Waals surface area contributed by atoms with Crippen molar-refractivity contribution in [3.05, 3.63) is 6.20 Å². The SMILES string of the molecule is CCCCCCCCCCSc1cn[nH]n1. The summed E-state index contributed by atoms with van der Waals surface area (Å²) in [5, 5.41) is 11.4. The van der Waals surface area contributed by atoms with Gasteiger partial charge in [-0.1, -0.05) is 51.9 Å². The maximum Gasteiger partial charge on any atom is 0.138 e. The van der Waals surface area contributed by atoms with Crippen molar-refractivity contribution in [1.82, 2.24) is 15.4 Å². The second-order valence-corrected chi connectivity index (χ2v) is 5.25. The number of thioether (sulfide) groups is 1. The van der Waals surface area contributed by atoms with E-state index in [0.29, 0.717) is 0 Å². The Bertz CT molecular complexity index is 236. The van der Waals surface area contributed by atoms with Gasteiger partial charge in [0.25, 0.3) is 0 Å².